The van der Waals surface area contributed by atoms with Crippen LogP contribution in [0, 0.1) is 12.8 Å². The summed E-state index contributed by atoms with van der Waals surface area (Å²) in [6, 6.07) is 56.9. The molecule has 1 saturated carbocycles. The SMILES string of the molecule is Cc1ccc2c(c1)N(c1ccc(NCCc3nccn3C(c3ccccc3)(c3ccccc3)c3ccccc3)cc1)C(=O)N(Cc1ccccc1)N=C2C1CCCCC1. The first-order valence-electron chi connectivity index (χ1n) is 21.0. The van der Waals surface area contributed by atoms with Crippen molar-refractivity contribution in [2.24, 2.45) is 11.0 Å². The minimum atomic E-state index is -0.624. The van der Waals surface area contributed by atoms with Crippen LogP contribution in [-0.2, 0) is 18.5 Å². The highest BCUT2D eigenvalue weighted by atomic mass is 16.2. The van der Waals surface area contributed by atoms with Crippen LogP contribution in [0.1, 0.15) is 71.3 Å². The van der Waals surface area contributed by atoms with E-state index in [0.717, 1.165) is 58.1 Å². The number of carbonyl (C=O) groups is 1. The molecule has 1 aliphatic carbocycles. The normalized spacial score (nSPS) is 14.7. The van der Waals surface area contributed by atoms with Crippen molar-refractivity contribution in [3.8, 4) is 0 Å². The molecule has 2 amide bonds. The first-order chi connectivity index (χ1) is 29.1. The van der Waals surface area contributed by atoms with Crippen LogP contribution >= 0.6 is 0 Å². The Labute approximate surface area is 347 Å². The van der Waals surface area contributed by atoms with Gasteiger partial charge in [0.05, 0.1) is 23.6 Å². The van der Waals surface area contributed by atoms with Gasteiger partial charge in [-0.3, -0.25) is 4.90 Å². The van der Waals surface area contributed by atoms with Crippen molar-refractivity contribution >= 4 is 28.8 Å². The van der Waals surface area contributed by atoms with Crippen LogP contribution in [-0.4, -0.2) is 32.8 Å². The lowest BCUT2D eigenvalue weighted by atomic mass is 9.76. The number of nitrogens with zero attached hydrogens (tertiary/aromatic N) is 5. The Morgan fingerprint density at radius 3 is 1.90 bits per heavy atom. The summed E-state index contributed by atoms with van der Waals surface area (Å²) in [6.45, 7) is 3.16. The summed E-state index contributed by atoms with van der Waals surface area (Å²) in [5, 5.41) is 10.6. The first kappa shape index (κ1) is 37.8. The third-order valence-electron chi connectivity index (χ3n) is 11.9. The molecule has 0 spiro atoms. The maximum atomic E-state index is 14.8. The molecular weight excluding hydrogens is 725 g/mol. The van der Waals surface area contributed by atoms with Crippen LogP contribution < -0.4 is 10.2 Å². The fourth-order valence-corrected chi connectivity index (χ4v) is 9.10. The van der Waals surface area contributed by atoms with Gasteiger partial charge in [-0.2, -0.15) is 5.10 Å². The van der Waals surface area contributed by atoms with Crippen molar-refractivity contribution in [1.82, 2.24) is 14.6 Å². The summed E-state index contributed by atoms with van der Waals surface area (Å²) in [5.74, 6) is 1.29. The Morgan fingerprint density at radius 1 is 0.695 bits per heavy atom. The predicted molar refractivity (Wildman–Crippen MR) is 239 cm³/mol. The summed E-state index contributed by atoms with van der Waals surface area (Å²) in [7, 11) is 0. The summed E-state index contributed by atoms with van der Waals surface area (Å²) in [4.78, 5) is 21.6. The van der Waals surface area contributed by atoms with E-state index in [1.165, 1.54) is 36.0 Å². The fourth-order valence-electron chi connectivity index (χ4n) is 9.10. The van der Waals surface area contributed by atoms with Crippen molar-refractivity contribution in [2.45, 2.75) is 57.5 Å². The van der Waals surface area contributed by atoms with Gasteiger partial charge in [0.15, 0.2) is 0 Å². The summed E-state index contributed by atoms with van der Waals surface area (Å²) in [5.41, 5.74) is 9.76. The summed E-state index contributed by atoms with van der Waals surface area (Å²) < 4.78 is 2.34. The Bertz CT molecular complexity index is 2410. The molecule has 1 N–H and O–H groups in total. The molecular formula is C52H50N6O. The molecule has 0 bridgehead atoms. The van der Waals surface area contributed by atoms with Gasteiger partial charge in [-0.15, -0.1) is 0 Å². The van der Waals surface area contributed by atoms with Crippen LogP contribution in [0.2, 0.25) is 0 Å². The minimum Gasteiger partial charge on any atom is -0.385 e. The largest absolute Gasteiger partial charge is 0.385 e. The van der Waals surface area contributed by atoms with Crippen molar-refractivity contribution in [3.63, 3.8) is 0 Å². The number of aromatic nitrogens is 2. The molecule has 0 atom stereocenters. The molecule has 0 saturated heterocycles. The molecule has 0 radical (unpaired) electrons. The van der Waals surface area contributed by atoms with E-state index in [9.17, 15) is 4.79 Å². The molecule has 7 heteroatoms. The van der Waals surface area contributed by atoms with Crippen molar-refractivity contribution in [1.29, 1.82) is 0 Å². The Balaban J connectivity index is 1.01. The van der Waals surface area contributed by atoms with Gasteiger partial charge in [-0.05, 0) is 77.9 Å². The van der Waals surface area contributed by atoms with Crippen LogP contribution in [0.3, 0.4) is 0 Å². The second kappa shape index (κ2) is 17.0. The van der Waals surface area contributed by atoms with Gasteiger partial charge < -0.3 is 9.88 Å². The fraction of sp³-hybridized carbons (Fsp3) is 0.212. The van der Waals surface area contributed by atoms with E-state index in [2.05, 4.69) is 156 Å². The highest BCUT2D eigenvalue weighted by Gasteiger charge is 2.39. The third kappa shape index (κ3) is 7.56. The molecule has 7 aromatic rings. The number of fused-ring (bicyclic) bond motifs is 1. The number of rotatable bonds is 12. The van der Waals surface area contributed by atoms with Gasteiger partial charge in [-0.25, -0.2) is 14.8 Å². The van der Waals surface area contributed by atoms with Crippen LogP contribution in [0.5, 0.6) is 0 Å². The number of hydrogen-bond acceptors (Lipinski definition) is 4. The molecule has 1 aliphatic heterocycles. The van der Waals surface area contributed by atoms with Crippen LogP contribution in [0.25, 0.3) is 0 Å². The number of anilines is 3. The number of hydrazone groups is 1. The topological polar surface area (TPSA) is 65.8 Å². The molecule has 2 aliphatic rings. The van der Waals surface area contributed by atoms with Crippen LogP contribution in [0.15, 0.2) is 181 Å². The van der Waals surface area contributed by atoms with E-state index in [1.54, 1.807) is 5.01 Å². The summed E-state index contributed by atoms with van der Waals surface area (Å²) in [6.07, 6.45) is 10.5. The lowest BCUT2D eigenvalue weighted by Gasteiger charge is -2.38. The Morgan fingerprint density at radius 2 is 1.29 bits per heavy atom. The Hall–Kier alpha value is -6.73. The number of aryl methyl sites for hydroxylation is 1. The first-order valence-corrected chi connectivity index (χ1v) is 21.0. The van der Waals surface area contributed by atoms with Gasteiger partial charge >= 0.3 is 6.03 Å². The van der Waals surface area contributed by atoms with E-state index in [4.69, 9.17) is 10.1 Å². The maximum absolute atomic E-state index is 14.8. The van der Waals surface area contributed by atoms with Gasteiger partial charge in [0.25, 0.3) is 0 Å². The third-order valence-corrected chi connectivity index (χ3v) is 11.9. The van der Waals surface area contributed by atoms with E-state index >= 15 is 0 Å². The summed E-state index contributed by atoms with van der Waals surface area (Å²) >= 11 is 0. The number of amides is 2. The molecule has 0 unspecified atom stereocenters. The second-order valence-corrected chi connectivity index (χ2v) is 15.7. The second-order valence-electron chi connectivity index (χ2n) is 15.7. The molecule has 294 valence electrons. The smallest absolute Gasteiger partial charge is 0.349 e. The van der Waals surface area contributed by atoms with E-state index < -0.39 is 5.54 Å². The lowest BCUT2D eigenvalue weighted by Crippen LogP contribution is -2.38. The minimum absolute atomic E-state index is 0.155. The van der Waals surface area contributed by atoms with E-state index in [1.807, 2.05) is 41.4 Å². The molecule has 2 heterocycles. The monoisotopic (exact) mass is 774 g/mol. The number of nitrogens with one attached hydrogen (secondary N) is 1. The maximum Gasteiger partial charge on any atom is 0.349 e. The standard InChI is InChI=1S/C52H50N6O/c1-39-27-32-47-48(37-39)58(51(59)57(38-40-17-7-2-8-18-40)55-50(47)41-19-9-3-10-20-41)46-30-28-45(29-31-46)53-34-33-49-54-35-36-56(49)52(42-21-11-4-12-22-42,43-23-13-5-14-24-43)44-25-15-6-16-26-44/h2,4-8,11-18,21-32,35-37,41,53H,3,9-10,19-20,33-34,38H2,1H3. The molecule has 1 fully saturated rings. The highest BCUT2D eigenvalue weighted by molar-refractivity contribution is 6.14. The van der Waals surface area contributed by atoms with Crippen LogP contribution in [0.4, 0.5) is 21.9 Å². The zero-order chi connectivity index (χ0) is 40.0. The Kier molecular flexibility index (Phi) is 10.9. The van der Waals surface area contributed by atoms with E-state index in [0.29, 0.717) is 25.4 Å². The number of benzene rings is 6. The molecule has 59 heavy (non-hydrogen) atoms. The molecule has 9 rings (SSSR count). The van der Waals surface area contributed by atoms with Crippen molar-refractivity contribution in [2.75, 3.05) is 16.8 Å². The highest BCUT2D eigenvalue weighted by Crippen LogP contribution is 2.42. The molecule has 6 aromatic carbocycles. The average molecular weight is 775 g/mol. The predicted octanol–water partition coefficient (Wildman–Crippen LogP) is 11.7. The molecule has 7 nitrogen and oxygen atoms in total. The average Bonchev–Trinajstić information content (AvgIpc) is 3.72. The number of carbonyl (C=O) groups excluding carboxylic acids is 1. The van der Waals surface area contributed by atoms with Crippen molar-refractivity contribution in [3.05, 3.63) is 215 Å². The molecule has 1 aromatic heterocycles. The van der Waals surface area contributed by atoms with Gasteiger partial charge in [0, 0.05) is 42.5 Å². The zero-order valence-corrected chi connectivity index (χ0v) is 33.6. The number of hydrogen-bond donors (Lipinski definition) is 1. The van der Waals surface area contributed by atoms with Gasteiger partial charge in [0.1, 0.15) is 11.4 Å². The number of urea groups is 1. The van der Waals surface area contributed by atoms with Gasteiger partial charge in [-0.1, -0.05) is 153 Å². The quantitative estimate of drug-likeness (QED) is 0.126. The number of imidazole rings is 1. The van der Waals surface area contributed by atoms with E-state index in [-0.39, 0.29) is 6.03 Å². The van der Waals surface area contributed by atoms with Gasteiger partial charge in [0.2, 0.25) is 0 Å². The van der Waals surface area contributed by atoms with Crippen molar-refractivity contribution < 1.29 is 4.79 Å². The lowest BCUT2D eigenvalue weighted by molar-refractivity contribution is 0.207. The zero-order valence-electron chi connectivity index (χ0n) is 33.6.